The molecule has 0 N–H and O–H groups in total. The van der Waals surface area contributed by atoms with Crippen LogP contribution in [0.4, 0.5) is 0 Å². The summed E-state index contributed by atoms with van der Waals surface area (Å²) in [5.41, 5.74) is 0. The van der Waals surface area contributed by atoms with E-state index >= 15 is 0 Å². The Morgan fingerprint density at radius 2 is 1.29 bits per heavy atom. The Labute approximate surface area is 71.3 Å². The summed E-state index contributed by atoms with van der Waals surface area (Å²) in [7, 11) is 5.70. The van der Waals surface area contributed by atoms with Gasteiger partial charge in [0.05, 0.1) is 0 Å². The van der Waals surface area contributed by atoms with Gasteiger partial charge in [-0.1, -0.05) is 0 Å². The Bertz CT molecular complexity index is 94.1. The average molecular weight is 459 g/mol. The zero-order valence-corrected chi connectivity index (χ0v) is 13.1. The summed E-state index contributed by atoms with van der Waals surface area (Å²) in [4.78, 5) is 0. The van der Waals surface area contributed by atoms with E-state index in [1.165, 1.54) is 0 Å². The van der Waals surface area contributed by atoms with E-state index in [2.05, 4.69) is 16.2 Å². The third kappa shape index (κ3) is 4.44. The molecule has 0 saturated carbocycles. The van der Waals surface area contributed by atoms with E-state index in [0.717, 1.165) is 56.7 Å². The second-order valence-corrected chi connectivity index (χ2v) is 42.6. The summed E-state index contributed by atoms with van der Waals surface area (Å²) in [5.74, 6) is 0. The second kappa shape index (κ2) is 5.79. The normalized spacial score (nSPS) is 8.00. The fraction of sp³-hybridized carbons (Fsp3) is 0. The molecule has 0 atom stereocenters. The number of rotatable bonds is 0. The van der Waals surface area contributed by atoms with Crippen LogP contribution in [0.15, 0.2) is 0 Å². The molecule has 0 amide bonds. The summed E-state index contributed by atoms with van der Waals surface area (Å²) >= 11 is 4.21. The third-order valence-corrected chi connectivity index (χ3v) is 76.9. The third-order valence-electron chi connectivity index (χ3n) is 0.194. The van der Waals surface area contributed by atoms with Crippen LogP contribution in [-0.2, 0) is 0 Å². The minimum absolute atomic E-state index is 1.04. The molecule has 0 aromatic carbocycles. The van der Waals surface area contributed by atoms with Crippen molar-refractivity contribution in [1.29, 1.82) is 0 Å². The van der Waals surface area contributed by atoms with Gasteiger partial charge in [-0.15, -0.1) is 0 Å². The van der Waals surface area contributed by atoms with Crippen LogP contribution in [0.1, 0.15) is 0 Å². The first kappa shape index (κ1) is 8.14. The van der Waals surface area contributed by atoms with Gasteiger partial charge in [0, 0.05) is 0 Å². The van der Waals surface area contributed by atoms with Crippen molar-refractivity contribution in [3.05, 3.63) is 0 Å². The summed E-state index contributed by atoms with van der Waals surface area (Å²) in [6.07, 6.45) is 0. The second-order valence-electron chi connectivity index (χ2n) is 0.476. The SMILES string of the molecule is s1[se][se]s[se][se][se]1. The maximum absolute atomic E-state index is 2.29. The molecule has 0 aliphatic carbocycles. The van der Waals surface area contributed by atoms with Gasteiger partial charge < -0.3 is 0 Å². The van der Waals surface area contributed by atoms with Crippen LogP contribution in [0.2, 0.25) is 0 Å². The topological polar surface area (TPSA) is 0 Å². The van der Waals surface area contributed by atoms with Gasteiger partial charge in [-0.25, -0.2) is 0 Å². The van der Waals surface area contributed by atoms with Gasteiger partial charge in [0.15, 0.2) is 0 Å². The van der Waals surface area contributed by atoms with E-state index in [1.54, 1.807) is 0 Å². The molecule has 7 heteroatoms. The molecule has 0 saturated heterocycles. The van der Waals surface area contributed by atoms with E-state index in [0.29, 0.717) is 0 Å². The Morgan fingerprint density at radius 3 is 1.86 bits per heavy atom. The van der Waals surface area contributed by atoms with Crippen molar-refractivity contribution in [2.24, 2.45) is 0 Å². The van der Waals surface area contributed by atoms with Gasteiger partial charge in [-0.3, -0.25) is 0 Å². The van der Waals surface area contributed by atoms with Gasteiger partial charge in [0.25, 0.3) is 0 Å². The summed E-state index contributed by atoms with van der Waals surface area (Å²) < 4.78 is 0. The number of hydrogen-bond acceptors (Lipinski definition) is 2. The van der Waals surface area contributed by atoms with Crippen LogP contribution in [0.25, 0.3) is 0 Å². The van der Waals surface area contributed by atoms with Crippen LogP contribution >= 0.6 is 16.2 Å². The molecule has 0 fully saturated rings. The molecule has 1 heterocycles. The molecule has 0 radical (unpaired) electrons. The number of hydrogen-bond donors (Lipinski definition) is 0. The average Bonchev–Trinajstić information content (AvgIpc) is 1.90. The van der Waals surface area contributed by atoms with Gasteiger partial charge in [-0.05, 0) is 0 Å². The summed E-state index contributed by atoms with van der Waals surface area (Å²) in [5, 5.41) is 0. The van der Waals surface area contributed by atoms with Gasteiger partial charge in [0.2, 0.25) is 0 Å². The molecular formula is S2Se5. The first-order chi connectivity index (χ1) is 3.50. The molecule has 0 unspecified atom stereocenters. The molecule has 0 nitrogen and oxygen atoms in total. The van der Waals surface area contributed by atoms with Crippen molar-refractivity contribution in [1.82, 2.24) is 0 Å². The fourth-order valence-electron chi connectivity index (χ4n) is 0.0794. The van der Waals surface area contributed by atoms with Crippen molar-refractivity contribution < 1.29 is 0 Å². The molecule has 0 aliphatic heterocycles. The van der Waals surface area contributed by atoms with Crippen molar-refractivity contribution in [3.63, 3.8) is 0 Å². The molecule has 0 spiro atoms. The van der Waals surface area contributed by atoms with E-state index < -0.39 is 0 Å². The molecule has 0 aliphatic rings. The summed E-state index contributed by atoms with van der Waals surface area (Å²) in [6.45, 7) is 0. The quantitative estimate of drug-likeness (QED) is 0.453. The fourth-order valence-corrected chi connectivity index (χ4v) is 142. The molecule has 1 rings (SSSR count). The van der Waals surface area contributed by atoms with Crippen LogP contribution in [-0.4, -0.2) is 56.7 Å². The molecular weight excluding hydrogens is 459 g/mol. The van der Waals surface area contributed by atoms with Crippen molar-refractivity contribution in [2.75, 3.05) is 0 Å². The minimum atomic E-state index is 1.04. The van der Waals surface area contributed by atoms with Crippen molar-refractivity contribution in [2.45, 2.75) is 0 Å². The Hall–Kier alpha value is 3.04. The Kier molecular flexibility index (Phi) is 6.74. The van der Waals surface area contributed by atoms with Crippen LogP contribution in [0.3, 0.4) is 0 Å². The van der Waals surface area contributed by atoms with Crippen LogP contribution in [0, 0.1) is 0 Å². The van der Waals surface area contributed by atoms with Crippen LogP contribution in [0.5, 0.6) is 0 Å². The predicted molar refractivity (Wildman–Crippen MR) is 42.2 cm³/mol. The zero-order chi connectivity index (χ0) is 4.95. The van der Waals surface area contributed by atoms with Crippen molar-refractivity contribution in [3.8, 4) is 0 Å². The Balaban J connectivity index is 3.06. The first-order valence-corrected chi connectivity index (χ1v) is 23.9. The van der Waals surface area contributed by atoms with Gasteiger partial charge in [-0.2, -0.15) is 0 Å². The molecule has 7 heavy (non-hydrogen) atoms. The standard InChI is InChI=1S/S2Se5/c1-3-4-2-6-7-5-1. The monoisotopic (exact) mass is 464 g/mol. The predicted octanol–water partition coefficient (Wildman–Crippen LogP) is -0.657. The zero-order valence-electron chi connectivity index (χ0n) is 2.86. The molecule has 1 aromatic heterocycles. The molecule has 42 valence electrons. The molecule has 1 aromatic rings. The van der Waals surface area contributed by atoms with Gasteiger partial charge in [0.1, 0.15) is 0 Å². The van der Waals surface area contributed by atoms with E-state index in [4.69, 9.17) is 0 Å². The maximum atomic E-state index is 2.29. The van der Waals surface area contributed by atoms with E-state index in [-0.39, 0.29) is 0 Å². The first-order valence-electron chi connectivity index (χ1n) is 1.17. The Morgan fingerprint density at radius 1 is 0.714 bits per heavy atom. The van der Waals surface area contributed by atoms with E-state index in [9.17, 15) is 0 Å². The molecule has 0 bridgehead atoms. The summed E-state index contributed by atoms with van der Waals surface area (Å²) in [6, 6.07) is 0. The van der Waals surface area contributed by atoms with Crippen molar-refractivity contribution >= 4 is 72.9 Å². The van der Waals surface area contributed by atoms with Gasteiger partial charge >= 0.3 is 72.9 Å². The van der Waals surface area contributed by atoms with E-state index in [1.807, 2.05) is 0 Å². The van der Waals surface area contributed by atoms with Crippen LogP contribution < -0.4 is 0 Å².